The van der Waals surface area contributed by atoms with Crippen LogP contribution in [0.5, 0.6) is 11.5 Å². The third kappa shape index (κ3) is 2.61. The first kappa shape index (κ1) is 20.1. The molecule has 0 radical (unpaired) electrons. The number of anilines is 1. The number of nitrogens with one attached hydrogen (secondary N) is 2. The van der Waals surface area contributed by atoms with Crippen LogP contribution in [0.2, 0.25) is 0 Å². The number of hydrogen-bond donors (Lipinski definition) is 3. The van der Waals surface area contributed by atoms with Gasteiger partial charge in [-0.3, -0.25) is 24.6 Å². The van der Waals surface area contributed by atoms with Gasteiger partial charge in [0.1, 0.15) is 11.4 Å². The summed E-state index contributed by atoms with van der Waals surface area (Å²) >= 11 is 0. The number of carbonyl (C=O) groups excluding carboxylic acids is 3. The molecular formula is C23H20FN3O6. The molecule has 3 unspecified atom stereocenters. The van der Waals surface area contributed by atoms with Crippen LogP contribution in [0, 0.1) is 17.7 Å². The van der Waals surface area contributed by atoms with E-state index in [0.717, 1.165) is 4.90 Å². The second-order valence-corrected chi connectivity index (χ2v) is 8.82. The number of imide groups is 1. The minimum absolute atomic E-state index is 0.0262. The summed E-state index contributed by atoms with van der Waals surface area (Å²) in [5, 5.41) is 16.2. The minimum atomic E-state index is -1.65. The van der Waals surface area contributed by atoms with Gasteiger partial charge in [-0.2, -0.15) is 0 Å². The molecule has 9 nitrogen and oxygen atoms in total. The van der Waals surface area contributed by atoms with Crippen molar-refractivity contribution in [1.29, 1.82) is 0 Å². The molecule has 170 valence electrons. The molecule has 33 heavy (non-hydrogen) atoms. The zero-order valence-corrected chi connectivity index (χ0v) is 17.5. The van der Waals surface area contributed by atoms with Gasteiger partial charge in [-0.05, 0) is 42.8 Å². The molecule has 0 aliphatic carbocycles. The van der Waals surface area contributed by atoms with E-state index in [4.69, 9.17) is 9.47 Å². The number of aliphatic hydroxyl groups excluding tert-OH is 1. The van der Waals surface area contributed by atoms with Gasteiger partial charge in [0.2, 0.25) is 24.5 Å². The van der Waals surface area contributed by atoms with Gasteiger partial charge in [0, 0.05) is 17.3 Å². The molecule has 3 amide bonds. The Hall–Kier alpha value is -3.50. The molecule has 4 aliphatic rings. The van der Waals surface area contributed by atoms with Crippen molar-refractivity contribution in [3.63, 3.8) is 0 Å². The number of nitrogens with zero attached hydrogens (tertiary/aromatic N) is 1. The number of fused-ring (bicyclic) bond motifs is 5. The lowest BCUT2D eigenvalue weighted by Gasteiger charge is -2.30. The summed E-state index contributed by atoms with van der Waals surface area (Å²) in [5.74, 6) is -3.17. The molecule has 0 aromatic heterocycles. The zero-order valence-electron chi connectivity index (χ0n) is 17.5. The highest BCUT2D eigenvalue weighted by Crippen LogP contribution is 2.53. The summed E-state index contributed by atoms with van der Waals surface area (Å²) in [6.07, 6.45) is -1.04. The summed E-state index contributed by atoms with van der Waals surface area (Å²) in [6.45, 7) is 1.56. The molecule has 5 atom stereocenters. The molecule has 2 saturated heterocycles. The van der Waals surface area contributed by atoms with Gasteiger partial charge < -0.3 is 19.9 Å². The van der Waals surface area contributed by atoms with Gasteiger partial charge in [-0.25, -0.2) is 4.39 Å². The molecule has 0 saturated carbocycles. The Morgan fingerprint density at radius 1 is 1.15 bits per heavy atom. The number of amides is 3. The average molecular weight is 453 g/mol. The van der Waals surface area contributed by atoms with E-state index in [2.05, 4.69) is 10.6 Å². The smallest absolute Gasteiger partial charge is 0.250 e. The second-order valence-electron chi connectivity index (χ2n) is 8.82. The first-order valence-electron chi connectivity index (χ1n) is 10.6. The van der Waals surface area contributed by atoms with E-state index < -0.39 is 53.1 Å². The summed E-state index contributed by atoms with van der Waals surface area (Å²) < 4.78 is 24.9. The Kier molecular flexibility index (Phi) is 4.12. The maximum absolute atomic E-state index is 14.2. The lowest BCUT2D eigenvalue weighted by Crippen LogP contribution is -2.54. The minimum Gasteiger partial charge on any atom is -0.454 e. The average Bonchev–Trinajstić information content (AvgIpc) is 3.51. The number of carbonyl (C=O) groups is 3. The van der Waals surface area contributed by atoms with Crippen LogP contribution in [0.4, 0.5) is 10.1 Å². The maximum atomic E-state index is 14.2. The Balaban J connectivity index is 1.42. The molecule has 2 aromatic carbocycles. The molecule has 1 spiro atoms. The highest BCUT2D eigenvalue weighted by Gasteiger charge is 2.71. The first-order valence-corrected chi connectivity index (χ1v) is 10.6. The quantitative estimate of drug-likeness (QED) is 0.590. The number of ether oxygens (including phenoxy) is 2. The fraction of sp³-hybridized carbons (Fsp3) is 0.348. The number of benzene rings is 2. The Morgan fingerprint density at radius 3 is 2.73 bits per heavy atom. The van der Waals surface area contributed by atoms with E-state index in [9.17, 15) is 23.9 Å². The van der Waals surface area contributed by atoms with Gasteiger partial charge in [0.05, 0.1) is 24.5 Å². The lowest BCUT2D eigenvalue weighted by atomic mass is 9.76. The predicted molar refractivity (Wildman–Crippen MR) is 110 cm³/mol. The monoisotopic (exact) mass is 453 g/mol. The SMILES string of the molecule is CC(O)C1NC2(C(=O)Nc3ccc(F)cc32)[C@H]2C(=O)N(Cc3ccc4c(c3)OCO4)C(=O)[C@@H]12. The van der Waals surface area contributed by atoms with E-state index >= 15 is 0 Å². The van der Waals surface area contributed by atoms with Crippen molar-refractivity contribution < 1.29 is 33.4 Å². The van der Waals surface area contributed by atoms with Crippen molar-refractivity contribution in [3.05, 3.63) is 53.3 Å². The highest BCUT2D eigenvalue weighted by atomic mass is 19.1. The fourth-order valence-corrected chi connectivity index (χ4v) is 5.56. The Labute approximate surface area is 187 Å². The van der Waals surface area contributed by atoms with E-state index in [1.165, 1.54) is 25.1 Å². The highest BCUT2D eigenvalue weighted by molar-refractivity contribution is 6.15. The van der Waals surface area contributed by atoms with Crippen molar-refractivity contribution in [2.24, 2.45) is 11.8 Å². The largest absolute Gasteiger partial charge is 0.454 e. The van der Waals surface area contributed by atoms with E-state index in [0.29, 0.717) is 22.7 Å². The van der Waals surface area contributed by atoms with E-state index in [1.807, 2.05) is 0 Å². The van der Waals surface area contributed by atoms with Crippen molar-refractivity contribution in [2.75, 3.05) is 12.1 Å². The predicted octanol–water partition coefficient (Wildman–Crippen LogP) is 0.856. The Bertz CT molecular complexity index is 1230. The summed E-state index contributed by atoms with van der Waals surface area (Å²) in [5.41, 5.74) is -0.371. The van der Waals surface area contributed by atoms with E-state index in [-0.39, 0.29) is 18.9 Å². The van der Waals surface area contributed by atoms with Gasteiger partial charge in [-0.1, -0.05) is 6.07 Å². The van der Waals surface area contributed by atoms with Crippen LogP contribution in [-0.4, -0.2) is 46.7 Å². The third-order valence-corrected chi connectivity index (χ3v) is 7.00. The molecule has 2 fully saturated rings. The number of rotatable bonds is 3. The number of hydrogen-bond acceptors (Lipinski definition) is 7. The second kappa shape index (κ2) is 6.75. The maximum Gasteiger partial charge on any atom is 0.250 e. The molecule has 0 bridgehead atoms. The van der Waals surface area contributed by atoms with Crippen molar-refractivity contribution in [3.8, 4) is 11.5 Å². The van der Waals surface area contributed by atoms with Gasteiger partial charge in [0.15, 0.2) is 11.5 Å². The fourth-order valence-electron chi connectivity index (χ4n) is 5.56. The molecule has 4 aliphatic heterocycles. The lowest BCUT2D eigenvalue weighted by molar-refractivity contribution is -0.143. The number of halogens is 1. The molecule has 6 rings (SSSR count). The van der Waals surface area contributed by atoms with Crippen LogP contribution in [-0.2, 0) is 26.5 Å². The van der Waals surface area contributed by atoms with Gasteiger partial charge >= 0.3 is 0 Å². The standard InChI is InChI=1S/C23H20FN3O6/c1-10(28)19-17-18(23(26-19)13-7-12(24)3-4-14(13)25-22(23)31)21(30)27(20(17)29)8-11-2-5-15-16(6-11)33-9-32-15/h2-7,10,17-19,26,28H,8-9H2,1H3,(H,25,31)/t10?,17-,18-,19?,23?/m1/s1. The molecular weight excluding hydrogens is 433 g/mol. The summed E-state index contributed by atoms with van der Waals surface area (Å²) in [4.78, 5) is 41.5. The van der Waals surface area contributed by atoms with Crippen LogP contribution in [0.25, 0.3) is 0 Å². The molecule has 4 heterocycles. The third-order valence-electron chi connectivity index (χ3n) is 7.00. The van der Waals surface area contributed by atoms with Crippen LogP contribution in [0.1, 0.15) is 18.1 Å². The molecule has 2 aromatic rings. The zero-order chi connectivity index (χ0) is 23.1. The van der Waals surface area contributed by atoms with Crippen LogP contribution < -0.4 is 20.1 Å². The van der Waals surface area contributed by atoms with Crippen molar-refractivity contribution >= 4 is 23.4 Å². The molecule has 10 heteroatoms. The molecule has 3 N–H and O–H groups in total. The van der Waals surface area contributed by atoms with Crippen LogP contribution in [0.3, 0.4) is 0 Å². The number of likely N-dealkylation sites (tertiary alicyclic amines) is 1. The normalized spacial score (nSPS) is 30.1. The summed E-state index contributed by atoms with van der Waals surface area (Å²) in [6, 6.07) is 8.10. The summed E-state index contributed by atoms with van der Waals surface area (Å²) in [7, 11) is 0. The van der Waals surface area contributed by atoms with E-state index in [1.54, 1.807) is 18.2 Å². The van der Waals surface area contributed by atoms with Gasteiger partial charge in [-0.15, -0.1) is 0 Å². The van der Waals surface area contributed by atoms with Crippen molar-refractivity contribution in [2.45, 2.75) is 31.2 Å². The van der Waals surface area contributed by atoms with Crippen LogP contribution >= 0.6 is 0 Å². The number of aliphatic hydroxyl groups is 1. The first-order chi connectivity index (χ1) is 15.8. The van der Waals surface area contributed by atoms with Crippen LogP contribution in [0.15, 0.2) is 36.4 Å². The van der Waals surface area contributed by atoms with Gasteiger partial charge in [0.25, 0.3) is 0 Å². The topological polar surface area (TPSA) is 117 Å². The van der Waals surface area contributed by atoms with Crippen molar-refractivity contribution in [1.82, 2.24) is 10.2 Å². The Morgan fingerprint density at radius 2 is 1.94 bits per heavy atom.